The van der Waals surface area contributed by atoms with E-state index in [4.69, 9.17) is 17.3 Å². The Hall–Kier alpha value is -1.66. The lowest BCUT2D eigenvalue weighted by Gasteiger charge is -2.36. The SMILES string of the molecule is CC1CC(N)CCN1C(=O)c1c(Cl)cccc1[N+](=O)[O-]. The van der Waals surface area contributed by atoms with Crippen LogP contribution in [0.15, 0.2) is 18.2 Å². The van der Waals surface area contributed by atoms with E-state index in [2.05, 4.69) is 0 Å². The third-order valence-electron chi connectivity index (χ3n) is 3.58. The van der Waals surface area contributed by atoms with Gasteiger partial charge in [0.25, 0.3) is 11.6 Å². The minimum absolute atomic E-state index is 0.0403. The number of carbonyl (C=O) groups is 1. The summed E-state index contributed by atoms with van der Waals surface area (Å²) in [6.45, 7) is 2.38. The first-order valence-electron chi connectivity index (χ1n) is 6.41. The average molecular weight is 298 g/mol. The van der Waals surface area contributed by atoms with Gasteiger partial charge >= 0.3 is 0 Å². The van der Waals surface area contributed by atoms with Crippen molar-refractivity contribution in [2.75, 3.05) is 6.54 Å². The van der Waals surface area contributed by atoms with Gasteiger partial charge < -0.3 is 10.6 Å². The van der Waals surface area contributed by atoms with E-state index in [0.29, 0.717) is 19.4 Å². The van der Waals surface area contributed by atoms with Crippen LogP contribution in [0.5, 0.6) is 0 Å². The molecule has 1 aliphatic rings. The molecule has 20 heavy (non-hydrogen) atoms. The smallest absolute Gasteiger partial charge is 0.283 e. The van der Waals surface area contributed by atoms with Crippen molar-refractivity contribution in [2.24, 2.45) is 5.73 Å². The van der Waals surface area contributed by atoms with Gasteiger partial charge in [0, 0.05) is 24.7 Å². The summed E-state index contributed by atoms with van der Waals surface area (Å²) in [6.07, 6.45) is 1.37. The maximum Gasteiger partial charge on any atom is 0.283 e. The Kier molecular flexibility index (Phi) is 4.25. The maximum atomic E-state index is 12.6. The summed E-state index contributed by atoms with van der Waals surface area (Å²) < 4.78 is 0. The van der Waals surface area contributed by atoms with Crippen molar-refractivity contribution in [3.05, 3.63) is 38.9 Å². The van der Waals surface area contributed by atoms with Gasteiger partial charge in [0.1, 0.15) is 5.56 Å². The largest absolute Gasteiger partial charge is 0.336 e. The van der Waals surface area contributed by atoms with Crippen molar-refractivity contribution in [1.29, 1.82) is 0 Å². The van der Waals surface area contributed by atoms with Crippen molar-refractivity contribution in [3.8, 4) is 0 Å². The van der Waals surface area contributed by atoms with Gasteiger partial charge in [-0.2, -0.15) is 0 Å². The molecule has 2 rings (SSSR count). The quantitative estimate of drug-likeness (QED) is 0.669. The van der Waals surface area contributed by atoms with Crippen LogP contribution in [0.3, 0.4) is 0 Å². The van der Waals surface area contributed by atoms with Crippen molar-refractivity contribution in [3.63, 3.8) is 0 Å². The third-order valence-corrected chi connectivity index (χ3v) is 3.89. The van der Waals surface area contributed by atoms with E-state index in [0.717, 1.165) is 0 Å². The highest BCUT2D eigenvalue weighted by molar-refractivity contribution is 6.34. The van der Waals surface area contributed by atoms with E-state index in [9.17, 15) is 14.9 Å². The molecule has 0 bridgehead atoms. The molecule has 1 saturated heterocycles. The topological polar surface area (TPSA) is 89.5 Å². The van der Waals surface area contributed by atoms with E-state index in [1.807, 2.05) is 6.92 Å². The Morgan fingerprint density at radius 3 is 2.85 bits per heavy atom. The molecule has 1 heterocycles. The zero-order valence-corrected chi connectivity index (χ0v) is 11.8. The predicted octanol–water partition coefficient (Wildman–Crippen LogP) is 2.20. The van der Waals surface area contributed by atoms with Gasteiger partial charge in [0.15, 0.2) is 0 Å². The van der Waals surface area contributed by atoms with Crippen molar-refractivity contribution in [2.45, 2.75) is 31.8 Å². The molecular weight excluding hydrogens is 282 g/mol. The molecule has 2 atom stereocenters. The molecule has 6 nitrogen and oxygen atoms in total. The van der Waals surface area contributed by atoms with Crippen molar-refractivity contribution >= 4 is 23.2 Å². The standard InChI is InChI=1S/C13H16ClN3O3/c1-8-7-9(15)5-6-16(8)13(18)12-10(14)3-2-4-11(12)17(19)20/h2-4,8-9H,5-7,15H2,1H3. The Balaban J connectivity index is 2.36. The van der Waals surface area contributed by atoms with E-state index >= 15 is 0 Å². The number of hydrogen-bond donors (Lipinski definition) is 1. The van der Waals surface area contributed by atoms with Crippen LogP contribution >= 0.6 is 11.6 Å². The second kappa shape index (κ2) is 5.76. The molecule has 2 N–H and O–H groups in total. The summed E-state index contributed by atoms with van der Waals surface area (Å²) in [4.78, 5) is 24.6. The monoisotopic (exact) mass is 297 g/mol. The molecule has 1 aromatic rings. The number of benzene rings is 1. The van der Waals surface area contributed by atoms with Crippen molar-refractivity contribution in [1.82, 2.24) is 4.90 Å². The summed E-state index contributed by atoms with van der Waals surface area (Å²) in [7, 11) is 0. The molecule has 1 amide bonds. The van der Waals surface area contributed by atoms with E-state index in [1.165, 1.54) is 18.2 Å². The minimum Gasteiger partial charge on any atom is -0.336 e. The first-order valence-corrected chi connectivity index (χ1v) is 6.79. The maximum absolute atomic E-state index is 12.6. The van der Waals surface area contributed by atoms with E-state index in [1.54, 1.807) is 4.90 Å². The van der Waals surface area contributed by atoms with Crippen molar-refractivity contribution < 1.29 is 9.72 Å². The second-order valence-corrected chi connectivity index (χ2v) is 5.43. The number of nitrogens with two attached hydrogens (primary N) is 1. The van der Waals surface area contributed by atoms with E-state index in [-0.39, 0.29) is 28.4 Å². The van der Waals surface area contributed by atoms with Crippen LogP contribution in [0.4, 0.5) is 5.69 Å². The molecule has 108 valence electrons. The average Bonchev–Trinajstić information content (AvgIpc) is 2.37. The fraction of sp³-hybridized carbons (Fsp3) is 0.462. The summed E-state index contributed by atoms with van der Waals surface area (Å²) in [5, 5.41) is 11.2. The Morgan fingerprint density at radius 2 is 2.25 bits per heavy atom. The lowest BCUT2D eigenvalue weighted by Crippen LogP contribution is -2.48. The molecule has 1 aromatic carbocycles. The highest BCUT2D eigenvalue weighted by Gasteiger charge is 2.32. The number of carbonyl (C=O) groups excluding carboxylic acids is 1. The van der Waals surface area contributed by atoms with Crippen LogP contribution in [0.25, 0.3) is 0 Å². The Morgan fingerprint density at radius 1 is 1.55 bits per heavy atom. The summed E-state index contributed by atoms with van der Waals surface area (Å²) >= 11 is 5.99. The summed E-state index contributed by atoms with van der Waals surface area (Å²) in [5.74, 6) is -0.401. The lowest BCUT2D eigenvalue weighted by atomic mass is 9.98. The zero-order valence-electron chi connectivity index (χ0n) is 11.1. The number of nitrogens with zero attached hydrogens (tertiary/aromatic N) is 2. The fourth-order valence-electron chi connectivity index (χ4n) is 2.53. The van der Waals surface area contributed by atoms with Crippen LogP contribution in [0, 0.1) is 10.1 Å². The summed E-state index contributed by atoms with van der Waals surface area (Å²) in [6, 6.07) is 4.26. The number of hydrogen-bond acceptors (Lipinski definition) is 4. The van der Waals surface area contributed by atoms with Gasteiger partial charge in [-0.05, 0) is 25.8 Å². The molecule has 0 aliphatic carbocycles. The molecule has 2 unspecified atom stereocenters. The number of nitro benzene ring substituents is 1. The molecular formula is C13H16ClN3O3. The number of likely N-dealkylation sites (tertiary alicyclic amines) is 1. The number of piperidine rings is 1. The normalized spacial score (nSPS) is 22.6. The third kappa shape index (κ3) is 2.76. The van der Waals surface area contributed by atoms with E-state index < -0.39 is 10.8 Å². The molecule has 0 saturated carbocycles. The summed E-state index contributed by atoms with van der Waals surface area (Å²) in [5.41, 5.74) is 5.56. The molecule has 0 aromatic heterocycles. The Bertz CT molecular complexity index is 550. The fourth-order valence-corrected chi connectivity index (χ4v) is 2.78. The highest BCUT2D eigenvalue weighted by atomic mass is 35.5. The number of rotatable bonds is 2. The van der Waals surface area contributed by atoms with Gasteiger partial charge in [0.2, 0.25) is 0 Å². The molecule has 0 radical (unpaired) electrons. The number of amides is 1. The number of nitro groups is 1. The molecule has 0 spiro atoms. The zero-order chi connectivity index (χ0) is 14.9. The van der Waals surface area contributed by atoms with Crippen LogP contribution in [-0.2, 0) is 0 Å². The molecule has 1 fully saturated rings. The van der Waals surface area contributed by atoms with Gasteiger partial charge in [-0.25, -0.2) is 0 Å². The first-order chi connectivity index (χ1) is 9.41. The van der Waals surface area contributed by atoms with Crippen LogP contribution in [0.2, 0.25) is 5.02 Å². The minimum atomic E-state index is -0.584. The number of halogens is 1. The first kappa shape index (κ1) is 14.7. The van der Waals surface area contributed by atoms with Crippen LogP contribution in [-0.4, -0.2) is 34.4 Å². The van der Waals surface area contributed by atoms with Gasteiger partial charge in [0.05, 0.1) is 9.95 Å². The second-order valence-electron chi connectivity index (χ2n) is 5.02. The van der Waals surface area contributed by atoms with Crippen LogP contribution in [0.1, 0.15) is 30.1 Å². The molecule has 7 heteroatoms. The molecule has 1 aliphatic heterocycles. The van der Waals surface area contributed by atoms with Gasteiger partial charge in [-0.1, -0.05) is 17.7 Å². The highest BCUT2D eigenvalue weighted by Crippen LogP contribution is 2.29. The van der Waals surface area contributed by atoms with Crippen LogP contribution < -0.4 is 5.73 Å². The van der Waals surface area contributed by atoms with Gasteiger partial charge in [-0.15, -0.1) is 0 Å². The van der Waals surface area contributed by atoms with Gasteiger partial charge in [-0.3, -0.25) is 14.9 Å². The predicted molar refractivity (Wildman–Crippen MR) is 75.8 cm³/mol. The lowest BCUT2D eigenvalue weighted by molar-refractivity contribution is -0.385. The Labute approximate surface area is 121 Å².